The molecule has 0 aliphatic heterocycles. The number of nitrogens with one attached hydrogen (secondary N) is 4. The Labute approximate surface area is 188 Å². The van der Waals surface area contributed by atoms with E-state index in [0.717, 1.165) is 0 Å². The summed E-state index contributed by atoms with van der Waals surface area (Å²) in [7, 11) is 0. The van der Waals surface area contributed by atoms with E-state index in [2.05, 4.69) is 21.3 Å². The predicted molar refractivity (Wildman–Crippen MR) is 118 cm³/mol. The predicted octanol–water partition coefficient (Wildman–Crippen LogP) is 1.06. The highest BCUT2D eigenvalue weighted by atomic mass is 32.1. The average Bonchev–Trinajstić information content (AvgIpc) is 2.80. The first kappa shape index (κ1) is 23.7. The monoisotopic (exact) mass is 451 g/mol. The molecule has 11 nitrogen and oxygen atoms in total. The van der Waals surface area contributed by atoms with Crippen LogP contribution in [0, 0.1) is 32.8 Å². The highest BCUT2D eigenvalue weighted by Gasteiger charge is 2.41. The molecule has 0 aliphatic carbocycles. The highest BCUT2D eigenvalue weighted by Crippen LogP contribution is 2.22. The van der Waals surface area contributed by atoms with Crippen LogP contribution in [0.25, 0.3) is 0 Å². The molecule has 1 unspecified atom stereocenters. The molecule has 0 aliphatic rings. The lowest BCUT2D eigenvalue weighted by Crippen LogP contribution is -2.62. The molecule has 4 N–H and O–H groups in total. The number of benzene rings is 2. The van der Waals surface area contributed by atoms with Crippen molar-refractivity contribution in [2.75, 3.05) is 18.4 Å². The van der Waals surface area contributed by atoms with Gasteiger partial charge in [-0.25, -0.2) is 0 Å². The van der Waals surface area contributed by atoms with E-state index in [1.165, 1.54) is 30.3 Å². The van der Waals surface area contributed by atoms with Gasteiger partial charge in [-0.3, -0.25) is 19.7 Å². The molecule has 0 bridgehead atoms. The Morgan fingerprint density at radius 3 is 2.28 bits per heavy atom. The number of amides is 2. The molecule has 0 saturated heterocycles. The van der Waals surface area contributed by atoms with Crippen LogP contribution in [-0.2, 0) is 15.1 Å². The number of nitro benzene ring substituents is 1. The van der Waals surface area contributed by atoms with Crippen molar-refractivity contribution in [3.63, 3.8) is 0 Å². The van der Waals surface area contributed by atoms with Crippen molar-refractivity contribution in [1.82, 2.24) is 16.0 Å². The third kappa shape index (κ3) is 5.98. The molecule has 1 atom stereocenters. The number of carbonyl (C=O) groups is 2. The van der Waals surface area contributed by atoms with Crippen LogP contribution in [-0.4, -0.2) is 34.9 Å². The van der Waals surface area contributed by atoms with Crippen LogP contribution in [0.3, 0.4) is 0 Å². The van der Waals surface area contributed by atoms with E-state index >= 15 is 0 Å². The van der Waals surface area contributed by atoms with Crippen molar-refractivity contribution in [3.05, 3.63) is 70.3 Å². The Kier molecular flexibility index (Phi) is 8.16. The molecular formula is C20H17N7O4S. The average molecular weight is 451 g/mol. The molecular weight excluding hydrogens is 434 g/mol. The highest BCUT2D eigenvalue weighted by molar-refractivity contribution is 7.80. The van der Waals surface area contributed by atoms with E-state index < -0.39 is 22.3 Å². The van der Waals surface area contributed by atoms with Crippen LogP contribution < -0.4 is 21.3 Å². The van der Waals surface area contributed by atoms with Gasteiger partial charge in [-0.1, -0.05) is 30.3 Å². The van der Waals surface area contributed by atoms with Gasteiger partial charge in [-0.05, 0) is 29.9 Å². The SMILES string of the molecule is N#CCNC(=O)C(CNC(=O)C#N)(NC(=S)Nc1ccc([N+](=O)[O-])cc1)c1ccccc1. The molecule has 0 saturated carbocycles. The van der Waals surface area contributed by atoms with Gasteiger partial charge in [0, 0.05) is 17.8 Å². The molecule has 0 fully saturated rings. The van der Waals surface area contributed by atoms with Gasteiger partial charge in [-0.15, -0.1) is 0 Å². The number of nitrogens with zero attached hydrogens (tertiary/aromatic N) is 3. The Balaban J connectivity index is 2.38. The third-order valence-corrected chi connectivity index (χ3v) is 4.46. The van der Waals surface area contributed by atoms with E-state index in [0.29, 0.717) is 11.3 Å². The number of carbonyl (C=O) groups excluding carboxylic acids is 2. The summed E-state index contributed by atoms with van der Waals surface area (Å²) in [6.45, 7) is -0.660. The molecule has 2 amide bonds. The van der Waals surface area contributed by atoms with E-state index in [-0.39, 0.29) is 23.9 Å². The fraction of sp³-hybridized carbons (Fsp3) is 0.150. The largest absolute Gasteiger partial charge is 0.343 e. The molecule has 12 heteroatoms. The minimum atomic E-state index is -1.67. The van der Waals surface area contributed by atoms with Gasteiger partial charge in [0.15, 0.2) is 16.7 Å². The Hall–Kier alpha value is -4.55. The summed E-state index contributed by atoms with van der Waals surface area (Å²) in [5.74, 6) is -1.63. The Morgan fingerprint density at radius 1 is 1.06 bits per heavy atom. The van der Waals surface area contributed by atoms with Crippen LogP contribution in [0.5, 0.6) is 0 Å². The molecule has 2 aromatic carbocycles. The normalized spacial score (nSPS) is 11.6. The summed E-state index contributed by atoms with van der Waals surface area (Å²) in [5, 5.41) is 38.9. The number of nitriles is 2. The number of rotatable bonds is 8. The summed E-state index contributed by atoms with van der Waals surface area (Å²) >= 11 is 5.33. The fourth-order valence-electron chi connectivity index (χ4n) is 2.75. The number of hydrogen-bond acceptors (Lipinski definition) is 7. The maximum Gasteiger partial charge on any atom is 0.322 e. The molecule has 0 spiro atoms. The maximum absolute atomic E-state index is 13.1. The molecule has 2 aromatic rings. The van der Waals surface area contributed by atoms with Crippen molar-refractivity contribution >= 4 is 40.5 Å². The Bertz CT molecular complexity index is 1090. The van der Waals surface area contributed by atoms with Gasteiger partial charge >= 0.3 is 5.91 Å². The standard InChI is InChI=1S/C20H17N7O4S/c21-10-11-23-18(29)20(13-24-17(28)12-22,14-4-2-1-3-5-14)26-19(32)25-15-6-8-16(9-7-15)27(30)31/h1-9H,11,13H2,(H,23,29)(H,24,28)(H2,25,26,32). The van der Waals surface area contributed by atoms with Gasteiger partial charge in [0.25, 0.3) is 11.6 Å². The lowest BCUT2D eigenvalue weighted by molar-refractivity contribution is -0.384. The first-order chi connectivity index (χ1) is 15.3. The fourth-order valence-corrected chi connectivity index (χ4v) is 3.05. The zero-order valence-electron chi connectivity index (χ0n) is 16.5. The zero-order chi connectivity index (χ0) is 23.6. The minimum Gasteiger partial charge on any atom is -0.343 e. The topological polar surface area (TPSA) is 173 Å². The molecule has 32 heavy (non-hydrogen) atoms. The van der Waals surface area contributed by atoms with Crippen LogP contribution in [0.2, 0.25) is 0 Å². The molecule has 0 radical (unpaired) electrons. The van der Waals surface area contributed by atoms with Crippen LogP contribution in [0.1, 0.15) is 5.56 Å². The van der Waals surface area contributed by atoms with Crippen LogP contribution >= 0.6 is 12.2 Å². The summed E-state index contributed by atoms with van der Waals surface area (Å²) in [6.07, 6.45) is 0. The van der Waals surface area contributed by atoms with E-state index in [9.17, 15) is 19.7 Å². The molecule has 162 valence electrons. The minimum absolute atomic E-state index is 0.0407. The number of anilines is 1. The number of nitro groups is 1. The number of hydrogen-bond donors (Lipinski definition) is 4. The first-order valence-corrected chi connectivity index (χ1v) is 9.45. The molecule has 0 aromatic heterocycles. The third-order valence-electron chi connectivity index (χ3n) is 4.26. The van der Waals surface area contributed by atoms with Gasteiger partial charge < -0.3 is 21.3 Å². The first-order valence-electron chi connectivity index (χ1n) is 9.04. The molecule has 0 heterocycles. The van der Waals surface area contributed by atoms with Crippen molar-refractivity contribution in [2.45, 2.75) is 5.54 Å². The van der Waals surface area contributed by atoms with Gasteiger partial charge in [0.1, 0.15) is 6.54 Å². The van der Waals surface area contributed by atoms with Gasteiger partial charge in [-0.2, -0.15) is 10.5 Å². The van der Waals surface area contributed by atoms with E-state index in [1.807, 2.05) is 0 Å². The second-order valence-corrected chi connectivity index (χ2v) is 6.70. The smallest absolute Gasteiger partial charge is 0.322 e. The quantitative estimate of drug-likeness (QED) is 0.150. The van der Waals surface area contributed by atoms with Crippen LogP contribution in [0.15, 0.2) is 54.6 Å². The summed E-state index contributed by atoms with van der Waals surface area (Å²) in [5.41, 5.74) is -0.964. The van der Waals surface area contributed by atoms with Crippen molar-refractivity contribution in [2.24, 2.45) is 0 Å². The Morgan fingerprint density at radius 2 is 1.72 bits per heavy atom. The van der Waals surface area contributed by atoms with E-state index in [4.69, 9.17) is 22.7 Å². The lowest BCUT2D eigenvalue weighted by atomic mass is 9.88. The van der Waals surface area contributed by atoms with Gasteiger partial charge in [0.05, 0.1) is 17.5 Å². The second-order valence-electron chi connectivity index (χ2n) is 6.29. The number of non-ortho nitro benzene ring substituents is 1. The lowest BCUT2D eigenvalue weighted by Gasteiger charge is -2.34. The molecule has 2 rings (SSSR count). The van der Waals surface area contributed by atoms with Crippen molar-refractivity contribution < 1.29 is 14.5 Å². The van der Waals surface area contributed by atoms with Gasteiger partial charge in [0.2, 0.25) is 0 Å². The summed E-state index contributed by atoms with van der Waals surface area (Å²) in [4.78, 5) is 35.0. The maximum atomic E-state index is 13.1. The zero-order valence-corrected chi connectivity index (χ0v) is 17.3. The van der Waals surface area contributed by atoms with Crippen molar-refractivity contribution in [3.8, 4) is 12.1 Å². The summed E-state index contributed by atoms with van der Waals surface area (Å²) < 4.78 is 0. The number of thiocarbonyl (C=S) groups is 1. The second kappa shape index (κ2) is 11.0. The van der Waals surface area contributed by atoms with E-state index in [1.54, 1.807) is 36.4 Å². The van der Waals surface area contributed by atoms with Crippen molar-refractivity contribution in [1.29, 1.82) is 10.5 Å². The summed E-state index contributed by atoms with van der Waals surface area (Å²) in [6, 6.07) is 16.9. The van der Waals surface area contributed by atoms with Crippen LogP contribution in [0.4, 0.5) is 11.4 Å².